The van der Waals surface area contributed by atoms with E-state index >= 15 is 0 Å². The summed E-state index contributed by atoms with van der Waals surface area (Å²) in [5.74, 6) is 0. The summed E-state index contributed by atoms with van der Waals surface area (Å²) in [7, 11) is 0. The van der Waals surface area contributed by atoms with E-state index in [-0.39, 0.29) is 0 Å². The number of anilines is 2. The number of nitrogens with zero attached hydrogens (tertiary/aromatic N) is 2. The number of thiazole rings is 1. The summed E-state index contributed by atoms with van der Waals surface area (Å²) in [6.45, 7) is 2.06. The Morgan fingerprint density at radius 2 is 1.95 bits per heavy atom. The molecule has 0 fully saturated rings. The third-order valence-corrected chi connectivity index (χ3v) is 3.84. The molecule has 0 atom stereocenters. The summed E-state index contributed by atoms with van der Waals surface area (Å²) >= 11 is 1.57. The fourth-order valence-electron chi connectivity index (χ4n) is 2.03. The van der Waals surface area contributed by atoms with Crippen molar-refractivity contribution in [2.24, 2.45) is 0 Å². The van der Waals surface area contributed by atoms with Crippen molar-refractivity contribution in [1.82, 2.24) is 4.98 Å². The Morgan fingerprint density at radius 1 is 1.14 bits per heavy atom. The average molecular weight is 291 g/mol. The SMILES string of the molecule is Cc1cccc(Nc2nc(-c3ccc(C#N)cc3)cs2)c1. The lowest BCUT2D eigenvalue weighted by molar-refractivity contribution is 1.37. The lowest BCUT2D eigenvalue weighted by Crippen LogP contribution is -1.89. The summed E-state index contributed by atoms with van der Waals surface area (Å²) < 4.78 is 0. The van der Waals surface area contributed by atoms with Gasteiger partial charge in [0.05, 0.1) is 17.3 Å². The molecule has 0 spiro atoms. The number of nitrogens with one attached hydrogen (secondary N) is 1. The molecule has 3 nitrogen and oxygen atoms in total. The molecule has 102 valence electrons. The van der Waals surface area contributed by atoms with Crippen LogP contribution >= 0.6 is 11.3 Å². The van der Waals surface area contributed by atoms with Gasteiger partial charge in [0.25, 0.3) is 0 Å². The molecule has 0 saturated heterocycles. The topological polar surface area (TPSA) is 48.7 Å². The highest BCUT2D eigenvalue weighted by atomic mass is 32.1. The van der Waals surface area contributed by atoms with E-state index in [4.69, 9.17) is 5.26 Å². The highest BCUT2D eigenvalue weighted by Crippen LogP contribution is 2.27. The molecular formula is C17H13N3S. The van der Waals surface area contributed by atoms with Crippen LogP contribution in [0.4, 0.5) is 10.8 Å². The second-order valence-corrected chi connectivity index (χ2v) is 5.58. The van der Waals surface area contributed by atoms with E-state index < -0.39 is 0 Å². The zero-order valence-electron chi connectivity index (χ0n) is 11.5. The molecule has 0 radical (unpaired) electrons. The Labute approximate surface area is 127 Å². The van der Waals surface area contributed by atoms with Gasteiger partial charge in [0.1, 0.15) is 0 Å². The van der Waals surface area contributed by atoms with Gasteiger partial charge in [-0.3, -0.25) is 0 Å². The van der Waals surface area contributed by atoms with E-state index in [9.17, 15) is 0 Å². The summed E-state index contributed by atoms with van der Waals surface area (Å²) in [6.07, 6.45) is 0. The molecule has 1 heterocycles. The van der Waals surface area contributed by atoms with Crippen LogP contribution in [0.15, 0.2) is 53.9 Å². The number of hydrogen-bond donors (Lipinski definition) is 1. The van der Waals surface area contributed by atoms with Gasteiger partial charge in [-0.1, -0.05) is 24.3 Å². The molecule has 3 rings (SSSR count). The molecule has 0 bridgehead atoms. The number of aryl methyl sites for hydroxylation is 1. The molecule has 2 aromatic carbocycles. The van der Waals surface area contributed by atoms with Crippen LogP contribution < -0.4 is 5.32 Å². The number of benzene rings is 2. The van der Waals surface area contributed by atoms with Crippen LogP contribution in [0.5, 0.6) is 0 Å². The third kappa shape index (κ3) is 3.10. The van der Waals surface area contributed by atoms with Gasteiger partial charge in [0.2, 0.25) is 0 Å². The fourth-order valence-corrected chi connectivity index (χ4v) is 2.77. The molecule has 1 aromatic heterocycles. The van der Waals surface area contributed by atoms with Crippen molar-refractivity contribution in [3.05, 3.63) is 65.0 Å². The van der Waals surface area contributed by atoms with Gasteiger partial charge >= 0.3 is 0 Å². The Kier molecular flexibility index (Phi) is 3.67. The normalized spacial score (nSPS) is 10.1. The first-order valence-corrected chi connectivity index (χ1v) is 7.42. The van der Waals surface area contributed by atoms with Crippen LogP contribution in [0.2, 0.25) is 0 Å². The van der Waals surface area contributed by atoms with E-state index in [0.29, 0.717) is 5.56 Å². The first-order chi connectivity index (χ1) is 10.2. The van der Waals surface area contributed by atoms with Crippen molar-refractivity contribution in [1.29, 1.82) is 5.26 Å². The van der Waals surface area contributed by atoms with Gasteiger partial charge in [-0.25, -0.2) is 4.98 Å². The van der Waals surface area contributed by atoms with E-state index in [2.05, 4.69) is 35.4 Å². The molecule has 0 aliphatic heterocycles. The summed E-state index contributed by atoms with van der Waals surface area (Å²) in [5.41, 5.74) is 4.84. The number of rotatable bonds is 3. The second kappa shape index (κ2) is 5.78. The number of hydrogen-bond acceptors (Lipinski definition) is 4. The minimum absolute atomic E-state index is 0.659. The molecule has 21 heavy (non-hydrogen) atoms. The smallest absolute Gasteiger partial charge is 0.187 e. The van der Waals surface area contributed by atoms with Gasteiger partial charge in [-0.2, -0.15) is 5.26 Å². The highest BCUT2D eigenvalue weighted by Gasteiger charge is 2.05. The predicted octanol–water partition coefficient (Wildman–Crippen LogP) is 4.73. The molecule has 0 saturated carbocycles. The van der Waals surface area contributed by atoms with Gasteiger partial charge in [-0.05, 0) is 36.8 Å². The highest BCUT2D eigenvalue weighted by molar-refractivity contribution is 7.14. The molecule has 0 amide bonds. The number of aromatic nitrogens is 1. The van der Waals surface area contributed by atoms with Crippen molar-refractivity contribution >= 4 is 22.2 Å². The van der Waals surface area contributed by atoms with Crippen LogP contribution in [-0.4, -0.2) is 4.98 Å². The van der Waals surface area contributed by atoms with Crippen molar-refractivity contribution in [2.75, 3.05) is 5.32 Å². The predicted molar refractivity (Wildman–Crippen MR) is 86.7 cm³/mol. The first-order valence-electron chi connectivity index (χ1n) is 6.54. The maximum absolute atomic E-state index is 8.82. The van der Waals surface area contributed by atoms with Gasteiger partial charge in [0, 0.05) is 16.6 Å². The van der Waals surface area contributed by atoms with Crippen LogP contribution in [0.3, 0.4) is 0 Å². The maximum atomic E-state index is 8.82. The molecule has 0 unspecified atom stereocenters. The Balaban J connectivity index is 1.81. The van der Waals surface area contributed by atoms with E-state index in [1.54, 1.807) is 11.3 Å². The third-order valence-electron chi connectivity index (χ3n) is 3.08. The monoisotopic (exact) mass is 291 g/mol. The summed E-state index contributed by atoms with van der Waals surface area (Å²) in [6, 6.07) is 17.8. The molecular weight excluding hydrogens is 278 g/mol. The largest absolute Gasteiger partial charge is 0.332 e. The number of nitriles is 1. The van der Waals surface area contributed by atoms with Crippen molar-refractivity contribution in [3.63, 3.8) is 0 Å². The summed E-state index contributed by atoms with van der Waals surface area (Å²) in [4.78, 5) is 4.59. The lowest BCUT2D eigenvalue weighted by Gasteiger charge is -2.03. The Morgan fingerprint density at radius 3 is 2.67 bits per heavy atom. The second-order valence-electron chi connectivity index (χ2n) is 4.72. The first kappa shape index (κ1) is 13.3. The van der Waals surface area contributed by atoms with Gasteiger partial charge < -0.3 is 5.32 Å². The quantitative estimate of drug-likeness (QED) is 0.758. The van der Waals surface area contributed by atoms with Crippen LogP contribution in [0.25, 0.3) is 11.3 Å². The van der Waals surface area contributed by atoms with Crippen LogP contribution in [0.1, 0.15) is 11.1 Å². The van der Waals surface area contributed by atoms with Gasteiger partial charge in [-0.15, -0.1) is 11.3 Å². The molecule has 0 aliphatic rings. The molecule has 0 aliphatic carbocycles. The lowest BCUT2D eigenvalue weighted by atomic mass is 10.1. The minimum atomic E-state index is 0.659. The Bertz CT molecular complexity index is 797. The van der Waals surface area contributed by atoms with E-state index in [1.165, 1.54) is 5.56 Å². The molecule has 3 aromatic rings. The van der Waals surface area contributed by atoms with E-state index in [1.807, 2.05) is 41.8 Å². The van der Waals surface area contributed by atoms with Crippen LogP contribution in [0, 0.1) is 18.3 Å². The van der Waals surface area contributed by atoms with Crippen molar-refractivity contribution < 1.29 is 0 Å². The standard InChI is InChI=1S/C17H13N3S/c1-12-3-2-4-15(9-12)19-17-20-16(11-21-17)14-7-5-13(10-18)6-8-14/h2-9,11H,1H3,(H,19,20). The fraction of sp³-hybridized carbons (Fsp3) is 0.0588. The molecule has 4 heteroatoms. The summed E-state index contributed by atoms with van der Waals surface area (Å²) in [5, 5.41) is 15.0. The van der Waals surface area contributed by atoms with E-state index in [0.717, 1.165) is 22.1 Å². The zero-order valence-corrected chi connectivity index (χ0v) is 12.3. The maximum Gasteiger partial charge on any atom is 0.187 e. The Hall–Kier alpha value is -2.64. The minimum Gasteiger partial charge on any atom is -0.332 e. The zero-order chi connectivity index (χ0) is 14.7. The van der Waals surface area contributed by atoms with Gasteiger partial charge in [0.15, 0.2) is 5.13 Å². The van der Waals surface area contributed by atoms with Crippen molar-refractivity contribution in [3.8, 4) is 17.3 Å². The van der Waals surface area contributed by atoms with Crippen LogP contribution in [-0.2, 0) is 0 Å². The average Bonchev–Trinajstić information content (AvgIpc) is 2.96. The van der Waals surface area contributed by atoms with Crippen molar-refractivity contribution in [2.45, 2.75) is 6.92 Å². The molecule has 1 N–H and O–H groups in total.